The summed E-state index contributed by atoms with van der Waals surface area (Å²) in [6, 6.07) is 16.4. The predicted octanol–water partition coefficient (Wildman–Crippen LogP) is 2.66. The van der Waals surface area contributed by atoms with Crippen LogP contribution in [0.4, 0.5) is 4.79 Å². The Kier molecular flexibility index (Phi) is 4.79. The van der Waals surface area contributed by atoms with Gasteiger partial charge in [0.15, 0.2) is 0 Å². The van der Waals surface area contributed by atoms with E-state index in [2.05, 4.69) is 34.9 Å². The molecule has 0 aromatic heterocycles. The lowest BCUT2D eigenvalue weighted by molar-refractivity contribution is -0.118. The van der Waals surface area contributed by atoms with Crippen molar-refractivity contribution in [3.05, 3.63) is 59.7 Å². The Hall–Kier alpha value is -2.82. The van der Waals surface area contributed by atoms with Crippen molar-refractivity contribution >= 4 is 12.0 Å². The number of amides is 2. The summed E-state index contributed by atoms with van der Waals surface area (Å²) in [4.78, 5) is 22.6. The van der Waals surface area contributed by atoms with E-state index in [1.54, 1.807) is 0 Å². The van der Waals surface area contributed by atoms with Gasteiger partial charge < -0.3 is 15.4 Å². The van der Waals surface area contributed by atoms with Crippen molar-refractivity contribution in [1.29, 1.82) is 0 Å². The highest BCUT2D eigenvalue weighted by Gasteiger charge is 2.28. The number of carbonyl (C=O) groups excluding carboxylic acids is 2. The van der Waals surface area contributed by atoms with Gasteiger partial charge in [0.25, 0.3) is 0 Å². The first-order chi connectivity index (χ1) is 11.7. The molecule has 2 amide bonds. The lowest BCUT2D eigenvalue weighted by atomic mass is 9.98. The molecule has 0 heterocycles. The molecule has 0 fully saturated rings. The first-order valence-corrected chi connectivity index (χ1v) is 8.00. The van der Waals surface area contributed by atoms with Crippen LogP contribution in [-0.2, 0) is 9.53 Å². The second-order valence-electron chi connectivity index (χ2n) is 5.74. The van der Waals surface area contributed by atoms with Crippen molar-refractivity contribution in [2.45, 2.75) is 12.8 Å². The van der Waals surface area contributed by atoms with Gasteiger partial charge in [0.1, 0.15) is 6.61 Å². The van der Waals surface area contributed by atoms with E-state index in [0.717, 1.165) is 0 Å². The molecule has 1 aliphatic carbocycles. The fourth-order valence-electron chi connectivity index (χ4n) is 3.05. The molecular formula is C19H20N2O3. The Balaban J connectivity index is 1.61. The number of alkyl carbamates (subject to hydrolysis) is 1. The van der Waals surface area contributed by atoms with E-state index in [-0.39, 0.29) is 11.8 Å². The molecule has 0 saturated carbocycles. The fraction of sp³-hybridized carbons (Fsp3) is 0.263. The number of benzene rings is 2. The third kappa shape index (κ3) is 3.40. The van der Waals surface area contributed by atoms with Crippen LogP contribution in [-0.4, -0.2) is 31.7 Å². The Bertz CT molecular complexity index is 712. The number of hydrogen-bond acceptors (Lipinski definition) is 3. The standard InChI is InChI=1S/C19H20N2O3/c1-13(22)20-10-11-21-19(23)24-12-18-16-8-4-2-6-14(16)15-7-3-5-9-17(15)18/h2-9,18H,10-12H2,1H3,(H,20,22)(H,21,23). The number of rotatable bonds is 5. The molecule has 124 valence electrons. The molecule has 5 heteroatoms. The maximum absolute atomic E-state index is 11.8. The second kappa shape index (κ2) is 7.17. The highest BCUT2D eigenvalue weighted by molar-refractivity contribution is 5.79. The van der Waals surface area contributed by atoms with Crippen molar-refractivity contribution in [2.24, 2.45) is 0 Å². The summed E-state index contributed by atoms with van der Waals surface area (Å²) in [6.07, 6.45) is -0.470. The lowest BCUT2D eigenvalue weighted by Crippen LogP contribution is -2.34. The maximum Gasteiger partial charge on any atom is 0.407 e. The number of fused-ring (bicyclic) bond motifs is 3. The van der Waals surface area contributed by atoms with E-state index in [9.17, 15) is 9.59 Å². The van der Waals surface area contributed by atoms with Crippen LogP contribution >= 0.6 is 0 Å². The summed E-state index contributed by atoms with van der Waals surface area (Å²) in [5.74, 6) is -0.0668. The molecule has 0 saturated heterocycles. The lowest BCUT2D eigenvalue weighted by Gasteiger charge is -2.14. The monoisotopic (exact) mass is 324 g/mol. The molecular weight excluding hydrogens is 304 g/mol. The molecule has 2 N–H and O–H groups in total. The molecule has 2 aromatic rings. The van der Waals surface area contributed by atoms with Gasteiger partial charge in [-0.2, -0.15) is 0 Å². The van der Waals surface area contributed by atoms with E-state index in [4.69, 9.17) is 4.74 Å². The van der Waals surface area contributed by atoms with Crippen LogP contribution in [0.2, 0.25) is 0 Å². The molecule has 24 heavy (non-hydrogen) atoms. The first kappa shape index (κ1) is 16.1. The molecule has 1 aliphatic rings. The molecule has 0 atom stereocenters. The molecule has 0 spiro atoms. The summed E-state index contributed by atoms with van der Waals surface area (Å²) < 4.78 is 5.38. The fourth-order valence-corrected chi connectivity index (χ4v) is 3.05. The molecule has 0 aliphatic heterocycles. The zero-order valence-corrected chi connectivity index (χ0v) is 13.5. The number of hydrogen-bond donors (Lipinski definition) is 2. The van der Waals surface area contributed by atoms with Crippen LogP contribution in [0.1, 0.15) is 24.0 Å². The number of nitrogens with one attached hydrogen (secondary N) is 2. The van der Waals surface area contributed by atoms with Gasteiger partial charge in [-0.1, -0.05) is 48.5 Å². The minimum Gasteiger partial charge on any atom is -0.449 e. The van der Waals surface area contributed by atoms with E-state index >= 15 is 0 Å². The Morgan fingerprint density at radius 1 is 0.917 bits per heavy atom. The van der Waals surface area contributed by atoms with Crippen LogP contribution < -0.4 is 10.6 Å². The van der Waals surface area contributed by atoms with Gasteiger partial charge in [-0.05, 0) is 22.3 Å². The quantitative estimate of drug-likeness (QED) is 0.831. The van der Waals surface area contributed by atoms with Crippen LogP contribution in [0, 0.1) is 0 Å². The molecule has 0 unspecified atom stereocenters. The smallest absolute Gasteiger partial charge is 0.407 e. The molecule has 3 rings (SSSR count). The third-order valence-corrected chi connectivity index (χ3v) is 4.11. The minimum atomic E-state index is -0.470. The summed E-state index contributed by atoms with van der Waals surface area (Å²) >= 11 is 0. The van der Waals surface area contributed by atoms with Crippen LogP contribution in [0.25, 0.3) is 11.1 Å². The molecule has 5 nitrogen and oxygen atoms in total. The van der Waals surface area contributed by atoms with Gasteiger partial charge in [-0.25, -0.2) is 4.79 Å². The van der Waals surface area contributed by atoms with Crippen molar-refractivity contribution in [2.75, 3.05) is 19.7 Å². The summed E-state index contributed by atoms with van der Waals surface area (Å²) in [7, 11) is 0. The van der Waals surface area contributed by atoms with Crippen molar-refractivity contribution in [3.63, 3.8) is 0 Å². The average molecular weight is 324 g/mol. The topological polar surface area (TPSA) is 67.4 Å². The normalized spacial score (nSPS) is 12.2. The van der Waals surface area contributed by atoms with Gasteiger partial charge in [-0.3, -0.25) is 4.79 Å². The van der Waals surface area contributed by atoms with Gasteiger partial charge in [0, 0.05) is 25.9 Å². The van der Waals surface area contributed by atoms with E-state index in [1.807, 2.05) is 24.3 Å². The zero-order chi connectivity index (χ0) is 16.9. The summed E-state index contributed by atoms with van der Waals surface area (Å²) in [6.45, 7) is 2.46. The van der Waals surface area contributed by atoms with Crippen molar-refractivity contribution in [3.8, 4) is 11.1 Å². The van der Waals surface area contributed by atoms with E-state index in [0.29, 0.717) is 19.7 Å². The predicted molar refractivity (Wildman–Crippen MR) is 91.8 cm³/mol. The Labute approximate surface area is 141 Å². The third-order valence-electron chi connectivity index (χ3n) is 4.11. The highest BCUT2D eigenvalue weighted by Crippen LogP contribution is 2.44. The SMILES string of the molecule is CC(=O)NCCNC(=O)OCC1c2ccccc2-c2ccccc21. The highest BCUT2D eigenvalue weighted by atomic mass is 16.5. The second-order valence-corrected chi connectivity index (χ2v) is 5.74. The van der Waals surface area contributed by atoms with Gasteiger partial charge in [0.2, 0.25) is 5.91 Å². The molecule has 0 radical (unpaired) electrons. The minimum absolute atomic E-state index is 0.0542. The summed E-state index contributed by atoms with van der Waals surface area (Å²) in [5.41, 5.74) is 4.77. The summed E-state index contributed by atoms with van der Waals surface area (Å²) in [5, 5.41) is 5.25. The Morgan fingerprint density at radius 3 is 2.04 bits per heavy atom. The first-order valence-electron chi connectivity index (χ1n) is 8.00. The van der Waals surface area contributed by atoms with Gasteiger partial charge in [0.05, 0.1) is 0 Å². The Morgan fingerprint density at radius 2 is 1.46 bits per heavy atom. The zero-order valence-electron chi connectivity index (χ0n) is 13.5. The number of ether oxygens (including phenoxy) is 1. The van der Waals surface area contributed by atoms with E-state index in [1.165, 1.54) is 29.2 Å². The van der Waals surface area contributed by atoms with Gasteiger partial charge >= 0.3 is 6.09 Å². The molecule has 2 aromatic carbocycles. The van der Waals surface area contributed by atoms with E-state index < -0.39 is 6.09 Å². The van der Waals surface area contributed by atoms with Crippen molar-refractivity contribution < 1.29 is 14.3 Å². The van der Waals surface area contributed by atoms with Crippen LogP contribution in [0.5, 0.6) is 0 Å². The van der Waals surface area contributed by atoms with Crippen molar-refractivity contribution in [1.82, 2.24) is 10.6 Å². The average Bonchev–Trinajstić information content (AvgIpc) is 2.91. The van der Waals surface area contributed by atoms with Crippen LogP contribution in [0.15, 0.2) is 48.5 Å². The van der Waals surface area contributed by atoms with Crippen LogP contribution in [0.3, 0.4) is 0 Å². The maximum atomic E-state index is 11.8. The number of carbonyl (C=O) groups is 2. The van der Waals surface area contributed by atoms with Gasteiger partial charge in [-0.15, -0.1) is 0 Å². The molecule has 0 bridgehead atoms. The largest absolute Gasteiger partial charge is 0.449 e.